The van der Waals surface area contributed by atoms with Gasteiger partial charge in [0.15, 0.2) is 0 Å². The highest BCUT2D eigenvalue weighted by molar-refractivity contribution is 6.15. The quantitative estimate of drug-likeness (QED) is 0.302. The van der Waals surface area contributed by atoms with Crippen LogP contribution in [0.25, 0.3) is 32.7 Å². The lowest BCUT2D eigenvalue weighted by Gasteiger charge is -2.17. The first-order chi connectivity index (χ1) is 13.4. The molecule has 5 aromatic rings. The van der Waals surface area contributed by atoms with Gasteiger partial charge in [-0.2, -0.15) is 0 Å². The highest BCUT2D eigenvalue weighted by atomic mass is 14.2. The molecule has 5 aromatic carbocycles. The van der Waals surface area contributed by atoms with E-state index in [4.69, 9.17) is 0 Å². The first-order valence-electron chi connectivity index (χ1n) is 9.43. The number of hydrogen-bond donors (Lipinski definition) is 0. The van der Waals surface area contributed by atoms with Gasteiger partial charge in [-0.3, -0.25) is 0 Å². The largest absolute Gasteiger partial charge is 0.0622 e. The standard InChI is InChI=1S/C27H20/c1-3-11-20(12-4-1)19-26-22-15-7-9-17-24(22)27(21-13-5-2-6-14-21)25-18-10-8-16-23(25)26/h1-18H,19H2. The topological polar surface area (TPSA) is 0 Å². The molecule has 0 nitrogen and oxygen atoms in total. The molecule has 0 aliphatic carbocycles. The van der Waals surface area contributed by atoms with Gasteiger partial charge in [0.2, 0.25) is 0 Å². The van der Waals surface area contributed by atoms with Gasteiger partial charge >= 0.3 is 0 Å². The molecule has 0 atom stereocenters. The van der Waals surface area contributed by atoms with Crippen LogP contribution in [0, 0.1) is 0 Å². The van der Waals surface area contributed by atoms with Gasteiger partial charge < -0.3 is 0 Å². The first-order valence-corrected chi connectivity index (χ1v) is 9.43. The van der Waals surface area contributed by atoms with E-state index in [0.717, 1.165) is 6.42 Å². The summed E-state index contributed by atoms with van der Waals surface area (Å²) < 4.78 is 0. The lowest BCUT2D eigenvalue weighted by atomic mass is 9.86. The van der Waals surface area contributed by atoms with Crippen molar-refractivity contribution in [3.8, 4) is 11.1 Å². The molecule has 0 aliphatic rings. The van der Waals surface area contributed by atoms with Gasteiger partial charge in [0.05, 0.1) is 0 Å². The monoisotopic (exact) mass is 344 g/mol. The van der Waals surface area contributed by atoms with E-state index < -0.39 is 0 Å². The Morgan fingerprint density at radius 3 is 1.41 bits per heavy atom. The predicted molar refractivity (Wildman–Crippen MR) is 116 cm³/mol. The zero-order valence-electron chi connectivity index (χ0n) is 15.1. The SMILES string of the molecule is c1ccc(Cc2c3ccccc3c(-c3ccccc3)c3ccccc23)cc1. The van der Waals surface area contributed by atoms with Crippen molar-refractivity contribution in [3.63, 3.8) is 0 Å². The Bertz CT molecular complexity index is 1160. The van der Waals surface area contributed by atoms with Crippen molar-refractivity contribution in [1.82, 2.24) is 0 Å². The summed E-state index contributed by atoms with van der Waals surface area (Å²) >= 11 is 0. The molecular weight excluding hydrogens is 324 g/mol. The van der Waals surface area contributed by atoms with Gasteiger partial charge in [0, 0.05) is 0 Å². The zero-order valence-corrected chi connectivity index (χ0v) is 15.1. The maximum absolute atomic E-state index is 2.27. The Kier molecular flexibility index (Phi) is 3.95. The number of benzene rings is 5. The Labute approximate surface area is 159 Å². The van der Waals surface area contributed by atoms with E-state index in [1.165, 1.54) is 43.8 Å². The minimum absolute atomic E-state index is 0.941. The van der Waals surface area contributed by atoms with Crippen LogP contribution in [0.5, 0.6) is 0 Å². The van der Waals surface area contributed by atoms with E-state index in [9.17, 15) is 0 Å². The summed E-state index contributed by atoms with van der Waals surface area (Å²) in [6, 6.07) is 39.2. The molecule has 0 aromatic heterocycles. The van der Waals surface area contributed by atoms with Crippen molar-refractivity contribution in [3.05, 3.63) is 120 Å². The minimum Gasteiger partial charge on any atom is -0.0622 e. The Balaban J connectivity index is 1.89. The van der Waals surface area contributed by atoms with Gasteiger partial charge in [-0.1, -0.05) is 109 Å². The molecule has 0 spiro atoms. The molecule has 0 radical (unpaired) electrons. The molecule has 27 heavy (non-hydrogen) atoms. The maximum Gasteiger partial charge on any atom is -0.00134 e. The average molecular weight is 344 g/mol. The van der Waals surface area contributed by atoms with E-state index in [1.807, 2.05) is 0 Å². The maximum atomic E-state index is 2.27. The highest BCUT2D eigenvalue weighted by Crippen LogP contribution is 2.39. The molecule has 0 aliphatic heterocycles. The molecular formula is C27H20. The van der Waals surface area contributed by atoms with E-state index in [-0.39, 0.29) is 0 Å². The lowest BCUT2D eigenvalue weighted by molar-refractivity contribution is 1.23. The third-order valence-electron chi connectivity index (χ3n) is 5.33. The van der Waals surface area contributed by atoms with Gasteiger partial charge in [-0.15, -0.1) is 0 Å². The third-order valence-corrected chi connectivity index (χ3v) is 5.33. The average Bonchev–Trinajstić information content (AvgIpc) is 2.75. The van der Waals surface area contributed by atoms with Crippen LogP contribution in [0.1, 0.15) is 11.1 Å². The first kappa shape index (κ1) is 15.8. The fraction of sp³-hybridized carbons (Fsp3) is 0.0370. The Morgan fingerprint density at radius 1 is 0.407 bits per heavy atom. The molecule has 0 heterocycles. The molecule has 0 N–H and O–H groups in total. The van der Waals surface area contributed by atoms with E-state index in [1.54, 1.807) is 0 Å². The zero-order chi connectivity index (χ0) is 18.1. The highest BCUT2D eigenvalue weighted by Gasteiger charge is 2.14. The normalized spacial score (nSPS) is 11.1. The second kappa shape index (κ2) is 6.74. The van der Waals surface area contributed by atoms with Crippen LogP contribution in [0.4, 0.5) is 0 Å². The van der Waals surface area contributed by atoms with Gasteiger partial charge in [-0.05, 0) is 50.2 Å². The van der Waals surface area contributed by atoms with Crippen molar-refractivity contribution < 1.29 is 0 Å². The van der Waals surface area contributed by atoms with Crippen LogP contribution in [-0.4, -0.2) is 0 Å². The smallest absolute Gasteiger partial charge is 0.00134 e. The van der Waals surface area contributed by atoms with Crippen LogP contribution in [0.2, 0.25) is 0 Å². The summed E-state index contributed by atoms with van der Waals surface area (Å²) in [6.07, 6.45) is 0.941. The Hall–Kier alpha value is -3.38. The second-order valence-electron chi connectivity index (χ2n) is 6.97. The summed E-state index contributed by atoms with van der Waals surface area (Å²) in [5.41, 5.74) is 5.36. The number of hydrogen-bond acceptors (Lipinski definition) is 0. The van der Waals surface area contributed by atoms with Crippen molar-refractivity contribution in [1.29, 1.82) is 0 Å². The number of fused-ring (bicyclic) bond motifs is 2. The van der Waals surface area contributed by atoms with Crippen LogP contribution in [0.3, 0.4) is 0 Å². The van der Waals surface area contributed by atoms with Crippen LogP contribution in [-0.2, 0) is 6.42 Å². The summed E-state index contributed by atoms with van der Waals surface area (Å²) in [5.74, 6) is 0. The lowest BCUT2D eigenvalue weighted by Crippen LogP contribution is -1.95. The van der Waals surface area contributed by atoms with Gasteiger partial charge in [-0.25, -0.2) is 0 Å². The summed E-state index contributed by atoms with van der Waals surface area (Å²) in [5, 5.41) is 5.35. The Morgan fingerprint density at radius 2 is 0.852 bits per heavy atom. The van der Waals surface area contributed by atoms with Crippen molar-refractivity contribution in [2.45, 2.75) is 6.42 Å². The molecule has 0 amide bonds. The third kappa shape index (κ3) is 2.80. The molecule has 5 rings (SSSR count). The van der Waals surface area contributed by atoms with E-state index >= 15 is 0 Å². The summed E-state index contributed by atoms with van der Waals surface area (Å²) in [6.45, 7) is 0. The number of rotatable bonds is 3. The molecule has 0 fully saturated rings. The summed E-state index contributed by atoms with van der Waals surface area (Å²) in [4.78, 5) is 0. The van der Waals surface area contributed by atoms with Crippen molar-refractivity contribution in [2.75, 3.05) is 0 Å². The van der Waals surface area contributed by atoms with E-state index in [0.29, 0.717) is 0 Å². The van der Waals surface area contributed by atoms with Gasteiger partial charge in [0.1, 0.15) is 0 Å². The summed E-state index contributed by atoms with van der Waals surface area (Å²) in [7, 11) is 0. The molecule has 0 bridgehead atoms. The van der Waals surface area contributed by atoms with Crippen LogP contribution >= 0.6 is 0 Å². The van der Waals surface area contributed by atoms with Crippen LogP contribution in [0.15, 0.2) is 109 Å². The van der Waals surface area contributed by atoms with Gasteiger partial charge in [0.25, 0.3) is 0 Å². The molecule has 0 saturated heterocycles. The predicted octanol–water partition coefficient (Wildman–Crippen LogP) is 7.25. The van der Waals surface area contributed by atoms with Crippen molar-refractivity contribution >= 4 is 21.5 Å². The fourth-order valence-corrected chi connectivity index (χ4v) is 4.12. The minimum atomic E-state index is 0.941. The molecule has 128 valence electrons. The second-order valence-corrected chi connectivity index (χ2v) is 6.97. The molecule has 0 unspecified atom stereocenters. The van der Waals surface area contributed by atoms with Crippen LogP contribution < -0.4 is 0 Å². The van der Waals surface area contributed by atoms with E-state index in [2.05, 4.69) is 109 Å². The molecule has 0 heteroatoms. The van der Waals surface area contributed by atoms with Crippen molar-refractivity contribution in [2.24, 2.45) is 0 Å². The fourth-order valence-electron chi connectivity index (χ4n) is 4.12. The molecule has 0 saturated carbocycles.